The highest BCUT2D eigenvalue weighted by atomic mass is 32.2. The number of sulfone groups is 1. The largest absolute Gasteiger partial charge is 0.691 e. The number of alkyl halides is 3. The summed E-state index contributed by atoms with van der Waals surface area (Å²) < 4.78 is 62.9. The van der Waals surface area contributed by atoms with Crippen LogP contribution in [0.25, 0.3) is 0 Å². The minimum atomic E-state index is -5.20. The van der Waals surface area contributed by atoms with E-state index in [0.29, 0.717) is 12.0 Å². The molecule has 0 radical (unpaired) electrons. The molecule has 0 unspecified atom stereocenters. The van der Waals surface area contributed by atoms with Crippen LogP contribution in [0.15, 0.2) is 0 Å². The lowest BCUT2D eigenvalue weighted by molar-refractivity contribution is -0.777. The lowest BCUT2D eigenvalue weighted by Gasteiger charge is -2.27. The average molecular weight is 295 g/mol. The zero-order valence-corrected chi connectivity index (χ0v) is 10.1. The van der Waals surface area contributed by atoms with Gasteiger partial charge in [0.15, 0.2) is 0 Å². The summed E-state index contributed by atoms with van der Waals surface area (Å²) in [4.78, 5) is 0. The SMILES string of the molecule is O=S(=O)(C1CCC(SOO[O-])CC1)C(F)(F)F. The molecule has 0 atom stereocenters. The molecular weight excluding hydrogens is 285 g/mol. The van der Waals surface area contributed by atoms with E-state index in [1.54, 1.807) is 0 Å². The van der Waals surface area contributed by atoms with Crippen LogP contribution < -0.4 is 5.26 Å². The van der Waals surface area contributed by atoms with Crippen LogP contribution in [0.2, 0.25) is 0 Å². The van der Waals surface area contributed by atoms with Crippen molar-refractivity contribution in [2.45, 2.75) is 41.7 Å². The molecule has 0 aliphatic heterocycles. The molecule has 1 rings (SSSR count). The van der Waals surface area contributed by atoms with E-state index < -0.39 is 20.6 Å². The Morgan fingerprint density at radius 3 is 2.12 bits per heavy atom. The molecule has 0 saturated heterocycles. The van der Waals surface area contributed by atoms with Crippen LogP contribution in [-0.4, -0.2) is 24.4 Å². The highest BCUT2D eigenvalue weighted by Crippen LogP contribution is 2.37. The van der Waals surface area contributed by atoms with Crippen LogP contribution in [0.5, 0.6) is 0 Å². The fourth-order valence-electron chi connectivity index (χ4n) is 1.70. The van der Waals surface area contributed by atoms with E-state index in [2.05, 4.69) is 9.37 Å². The zero-order chi connectivity index (χ0) is 13.1. The van der Waals surface area contributed by atoms with Crippen LogP contribution in [0.1, 0.15) is 25.7 Å². The maximum Gasteiger partial charge on any atom is 0.497 e. The van der Waals surface area contributed by atoms with Gasteiger partial charge in [-0.3, -0.25) is 5.04 Å². The predicted molar refractivity (Wildman–Crippen MR) is 50.8 cm³/mol. The van der Waals surface area contributed by atoms with Crippen molar-refractivity contribution in [3.63, 3.8) is 0 Å². The van der Waals surface area contributed by atoms with E-state index in [0.717, 1.165) is 0 Å². The average Bonchev–Trinajstić information content (AvgIpc) is 2.25. The number of rotatable bonds is 4. The Kier molecular flexibility index (Phi) is 5.07. The first-order valence-electron chi connectivity index (χ1n) is 4.71. The molecule has 102 valence electrons. The molecule has 0 bridgehead atoms. The maximum absolute atomic E-state index is 12.2. The molecular formula is C7H10F3O5S2-. The van der Waals surface area contributed by atoms with Crippen molar-refractivity contribution in [3.05, 3.63) is 0 Å². The number of halogens is 3. The first-order valence-corrected chi connectivity index (χ1v) is 7.06. The standard InChI is InChI=1S/C7H11F3O5S2/c8-7(9,10)17(12,13)6-3-1-5(2-4-6)16-15-14-11/h5-6,11H,1-4H2/p-1. The van der Waals surface area contributed by atoms with Gasteiger partial charge in [-0.15, -0.1) is 0 Å². The van der Waals surface area contributed by atoms with Gasteiger partial charge in [-0.2, -0.15) is 17.5 Å². The molecule has 1 aliphatic rings. The quantitative estimate of drug-likeness (QED) is 0.439. The van der Waals surface area contributed by atoms with E-state index in [-0.39, 0.29) is 30.9 Å². The zero-order valence-electron chi connectivity index (χ0n) is 8.47. The molecule has 0 aromatic rings. The summed E-state index contributed by atoms with van der Waals surface area (Å²) >= 11 is 0.707. The molecule has 0 aromatic heterocycles. The van der Waals surface area contributed by atoms with E-state index >= 15 is 0 Å². The first-order chi connectivity index (χ1) is 7.79. The summed E-state index contributed by atoms with van der Waals surface area (Å²) in [5.41, 5.74) is -5.20. The molecule has 5 nitrogen and oxygen atoms in total. The third-order valence-corrected chi connectivity index (χ3v) is 5.46. The summed E-state index contributed by atoms with van der Waals surface area (Å²) in [6.07, 6.45) is 0.269. The minimum Gasteiger partial charge on any atom is -0.691 e. The second kappa shape index (κ2) is 5.74. The van der Waals surface area contributed by atoms with Crippen LogP contribution in [-0.2, 0) is 19.2 Å². The minimum absolute atomic E-state index is 0.0955. The van der Waals surface area contributed by atoms with E-state index in [1.165, 1.54) is 0 Å². The molecule has 10 heteroatoms. The molecule has 0 heterocycles. The van der Waals surface area contributed by atoms with Gasteiger partial charge in [-0.25, -0.2) is 8.42 Å². The van der Waals surface area contributed by atoms with Gasteiger partial charge in [0.05, 0.1) is 5.25 Å². The number of hydrogen-bond acceptors (Lipinski definition) is 6. The van der Waals surface area contributed by atoms with Gasteiger partial charge in [0.1, 0.15) is 0 Å². The van der Waals surface area contributed by atoms with Gasteiger partial charge in [0, 0.05) is 17.3 Å². The third kappa shape index (κ3) is 3.71. The molecule has 1 fully saturated rings. The Morgan fingerprint density at radius 1 is 1.18 bits per heavy atom. The number of hydrogen-bond donors (Lipinski definition) is 0. The summed E-state index contributed by atoms with van der Waals surface area (Å²) in [5.74, 6) is 0. The molecule has 0 N–H and O–H groups in total. The normalized spacial score (nSPS) is 27.1. The third-order valence-electron chi connectivity index (χ3n) is 2.59. The van der Waals surface area contributed by atoms with Gasteiger partial charge in [0.2, 0.25) is 0 Å². The lowest BCUT2D eigenvalue weighted by atomic mass is 10.00. The van der Waals surface area contributed by atoms with Crippen molar-refractivity contribution in [1.82, 2.24) is 0 Å². The Morgan fingerprint density at radius 2 is 1.71 bits per heavy atom. The summed E-state index contributed by atoms with van der Waals surface area (Å²) in [6.45, 7) is 0. The first kappa shape index (κ1) is 15.0. The van der Waals surface area contributed by atoms with Gasteiger partial charge < -0.3 is 5.26 Å². The van der Waals surface area contributed by atoms with E-state index in [4.69, 9.17) is 0 Å². The smallest absolute Gasteiger partial charge is 0.497 e. The molecule has 0 amide bonds. The predicted octanol–water partition coefficient (Wildman–Crippen LogP) is 1.10. The second-order valence-electron chi connectivity index (χ2n) is 3.62. The van der Waals surface area contributed by atoms with Crippen molar-refractivity contribution in [1.29, 1.82) is 0 Å². The highest BCUT2D eigenvalue weighted by molar-refractivity contribution is 7.95. The molecule has 0 spiro atoms. The molecule has 1 saturated carbocycles. The van der Waals surface area contributed by atoms with Gasteiger partial charge >= 0.3 is 5.51 Å². The van der Waals surface area contributed by atoms with Crippen molar-refractivity contribution in [2.75, 3.05) is 0 Å². The Bertz CT molecular complexity index is 334. The Balaban J connectivity index is 2.53. The molecule has 1 aliphatic carbocycles. The molecule has 0 aromatic carbocycles. The Labute approximate surface area is 100 Å². The van der Waals surface area contributed by atoms with Crippen molar-refractivity contribution in [2.24, 2.45) is 0 Å². The van der Waals surface area contributed by atoms with Crippen molar-refractivity contribution < 1.29 is 36.2 Å². The summed E-state index contributed by atoms with van der Waals surface area (Å²) in [7, 11) is -5.09. The van der Waals surface area contributed by atoms with Gasteiger partial charge in [-0.05, 0) is 25.7 Å². The molecule has 17 heavy (non-hydrogen) atoms. The fourth-order valence-corrected chi connectivity index (χ4v) is 3.58. The summed E-state index contributed by atoms with van der Waals surface area (Å²) in [5, 5.41) is 11.0. The highest BCUT2D eigenvalue weighted by Gasteiger charge is 2.51. The lowest BCUT2D eigenvalue weighted by Crippen LogP contribution is -2.37. The van der Waals surface area contributed by atoms with Gasteiger partial charge in [-0.1, -0.05) is 0 Å². The van der Waals surface area contributed by atoms with E-state index in [9.17, 15) is 26.8 Å². The van der Waals surface area contributed by atoms with Crippen LogP contribution >= 0.6 is 12.0 Å². The summed E-state index contributed by atoms with van der Waals surface area (Å²) in [6, 6.07) is 0. The fraction of sp³-hybridized carbons (Fsp3) is 1.00. The second-order valence-corrected chi connectivity index (χ2v) is 6.84. The van der Waals surface area contributed by atoms with Crippen molar-refractivity contribution >= 4 is 21.9 Å². The van der Waals surface area contributed by atoms with Crippen molar-refractivity contribution in [3.8, 4) is 0 Å². The Hall–Kier alpha value is -0.0300. The monoisotopic (exact) mass is 295 g/mol. The van der Waals surface area contributed by atoms with Crippen LogP contribution in [0, 0.1) is 0 Å². The van der Waals surface area contributed by atoms with Gasteiger partial charge in [0.25, 0.3) is 9.84 Å². The van der Waals surface area contributed by atoms with Crippen LogP contribution in [0.4, 0.5) is 13.2 Å². The topological polar surface area (TPSA) is 75.7 Å². The van der Waals surface area contributed by atoms with Crippen LogP contribution in [0.3, 0.4) is 0 Å². The van der Waals surface area contributed by atoms with E-state index in [1.807, 2.05) is 0 Å². The maximum atomic E-state index is 12.2.